The number of halogens is 3. The molecular weight excluding hydrogens is 247 g/mol. The average Bonchev–Trinajstić information content (AvgIpc) is 2.04. The van der Waals surface area contributed by atoms with Crippen molar-refractivity contribution in [3.8, 4) is 0 Å². The van der Waals surface area contributed by atoms with E-state index < -0.39 is 4.33 Å². The van der Waals surface area contributed by atoms with Crippen molar-refractivity contribution in [1.82, 2.24) is 0 Å². The van der Waals surface area contributed by atoms with Gasteiger partial charge >= 0.3 is 0 Å². The molecule has 1 aliphatic carbocycles. The third-order valence-corrected chi connectivity index (χ3v) is 4.46. The van der Waals surface area contributed by atoms with Crippen molar-refractivity contribution in [1.29, 1.82) is 0 Å². The van der Waals surface area contributed by atoms with E-state index in [1.807, 2.05) is 24.3 Å². The summed E-state index contributed by atoms with van der Waals surface area (Å²) in [5.41, 5.74) is 2.21. The molecule has 0 saturated carbocycles. The van der Waals surface area contributed by atoms with E-state index in [0.717, 1.165) is 5.56 Å². The third-order valence-electron chi connectivity index (χ3n) is 1.91. The van der Waals surface area contributed by atoms with Gasteiger partial charge in [-0.25, -0.2) is 0 Å². The molecule has 0 aliphatic heterocycles. The normalized spacial score (nSPS) is 25.5. The van der Waals surface area contributed by atoms with Gasteiger partial charge in [-0.2, -0.15) is 0 Å². The van der Waals surface area contributed by atoms with Gasteiger partial charge in [-0.1, -0.05) is 63.4 Å². The quantitative estimate of drug-likeness (QED) is 0.616. The SMILES string of the molecule is ClC1(Cl)c2ccccc2C1Br. The zero-order valence-corrected chi connectivity index (χ0v) is 8.62. The van der Waals surface area contributed by atoms with E-state index in [9.17, 15) is 0 Å². The molecule has 0 heterocycles. The van der Waals surface area contributed by atoms with Gasteiger partial charge in [0.15, 0.2) is 4.33 Å². The molecule has 0 amide bonds. The first-order valence-electron chi connectivity index (χ1n) is 3.25. The Kier molecular flexibility index (Phi) is 1.71. The summed E-state index contributed by atoms with van der Waals surface area (Å²) in [6, 6.07) is 7.90. The Morgan fingerprint density at radius 1 is 1.27 bits per heavy atom. The molecule has 0 spiro atoms. The molecule has 1 atom stereocenters. The molecule has 1 aromatic carbocycles. The standard InChI is InChI=1S/C8H5BrCl2/c9-7-5-3-1-2-4-6(5)8(7,10)11/h1-4,7H. The van der Waals surface area contributed by atoms with Crippen LogP contribution in [0.25, 0.3) is 0 Å². The number of fused-ring (bicyclic) bond motifs is 1. The lowest BCUT2D eigenvalue weighted by atomic mass is 9.87. The highest BCUT2D eigenvalue weighted by Gasteiger charge is 2.47. The number of alkyl halides is 3. The molecule has 0 fully saturated rings. The van der Waals surface area contributed by atoms with Gasteiger partial charge in [0, 0.05) is 0 Å². The number of rotatable bonds is 0. The van der Waals surface area contributed by atoms with Crippen LogP contribution < -0.4 is 0 Å². The number of benzene rings is 1. The van der Waals surface area contributed by atoms with Crippen molar-refractivity contribution in [3.05, 3.63) is 35.4 Å². The Morgan fingerprint density at radius 2 is 1.91 bits per heavy atom. The predicted molar refractivity (Wildman–Crippen MR) is 51.5 cm³/mol. The summed E-state index contributed by atoms with van der Waals surface area (Å²) in [4.78, 5) is 0.0783. The predicted octanol–water partition coefficient (Wildman–Crippen LogP) is 3.77. The molecule has 0 nitrogen and oxygen atoms in total. The zero-order chi connectivity index (χ0) is 8.06. The van der Waals surface area contributed by atoms with E-state index in [4.69, 9.17) is 23.2 Å². The molecule has 1 aliphatic rings. The van der Waals surface area contributed by atoms with Gasteiger partial charge in [0.05, 0.1) is 4.83 Å². The minimum absolute atomic E-state index is 0.0783. The summed E-state index contributed by atoms with van der Waals surface area (Å²) in [5.74, 6) is 0. The third kappa shape index (κ3) is 0.947. The van der Waals surface area contributed by atoms with Crippen LogP contribution in [0.2, 0.25) is 0 Å². The Balaban J connectivity index is 2.56. The van der Waals surface area contributed by atoms with Gasteiger partial charge in [0.1, 0.15) is 0 Å². The molecule has 11 heavy (non-hydrogen) atoms. The van der Waals surface area contributed by atoms with Gasteiger partial charge < -0.3 is 0 Å². The fraction of sp³-hybridized carbons (Fsp3) is 0.250. The van der Waals surface area contributed by atoms with Crippen LogP contribution in [0.4, 0.5) is 0 Å². The molecular formula is C8H5BrCl2. The fourth-order valence-electron chi connectivity index (χ4n) is 1.28. The Morgan fingerprint density at radius 3 is 2.55 bits per heavy atom. The first-order valence-corrected chi connectivity index (χ1v) is 4.92. The summed E-state index contributed by atoms with van der Waals surface area (Å²) in [6.45, 7) is 0. The maximum atomic E-state index is 6.00. The van der Waals surface area contributed by atoms with Crippen LogP contribution in [0.1, 0.15) is 16.0 Å². The van der Waals surface area contributed by atoms with Crippen molar-refractivity contribution in [2.75, 3.05) is 0 Å². The fourth-order valence-corrected chi connectivity index (χ4v) is 2.50. The maximum Gasteiger partial charge on any atom is 0.159 e. The lowest BCUT2D eigenvalue weighted by molar-refractivity contribution is 0.721. The smallest absolute Gasteiger partial charge is 0.0947 e. The summed E-state index contributed by atoms with van der Waals surface area (Å²) in [6.07, 6.45) is 0. The van der Waals surface area contributed by atoms with Gasteiger partial charge in [-0.15, -0.1) is 0 Å². The largest absolute Gasteiger partial charge is 0.159 e. The minimum Gasteiger partial charge on any atom is -0.0947 e. The monoisotopic (exact) mass is 250 g/mol. The molecule has 0 saturated heterocycles. The van der Waals surface area contributed by atoms with Crippen LogP contribution in [0, 0.1) is 0 Å². The lowest BCUT2D eigenvalue weighted by Crippen LogP contribution is -2.29. The van der Waals surface area contributed by atoms with E-state index in [1.165, 1.54) is 5.56 Å². The van der Waals surface area contributed by atoms with Crippen LogP contribution in [0.3, 0.4) is 0 Å². The second-order valence-corrected chi connectivity index (χ2v) is 4.87. The van der Waals surface area contributed by atoms with Gasteiger partial charge in [0.25, 0.3) is 0 Å². The van der Waals surface area contributed by atoms with E-state index in [0.29, 0.717) is 0 Å². The summed E-state index contributed by atoms with van der Waals surface area (Å²) >= 11 is 15.4. The highest BCUT2D eigenvalue weighted by molar-refractivity contribution is 9.09. The van der Waals surface area contributed by atoms with E-state index >= 15 is 0 Å². The number of hydrogen-bond acceptors (Lipinski definition) is 0. The first kappa shape index (κ1) is 7.90. The molecule has 1 aromatic rings. The van der Waals surface area contributed by atoms with Crippen molar-refractivity contribution >= 4 is 39.1 Å². The highest BCUT2D eigenvalue weighted by Crippen LogP contribution is 2.60. The molecule has 0 N–H and O–H groups in total. The topological polar surface area (TPSA) is 0 Å². The molecule has 2 rings (SSSR count). The molecule has 0 radical (unpaired) electrons. The van der Waals surface area contributed by atoms with Gasteiger partial charge in [0.2, 0.25) is 0 Å². The summed E-state index contributed by atoms with van der Waals surface area (Å²) in [5, 5.41) is 0. The van der Waals surface area contributed by atoms with Crippen LogP contribution in [-0.4, -0.2) is 0 Å². The van der Waals surface area contributed by atoms with Crippen LogP contribution in [-0.2, 0) is 4.33 Å². The average molecular weight is 252 g/mol. The second-order valence-electron chi connectivity index (χ2n) is 2.57. The molecule has 0 aromatic heterocycles. The molecule has 3 heteroatoms. The Labute approximate surface area is 83.6 Å². The van der Waals surface area contributed by atoms with Gasteiger partial charge in [-0.05, 0) is 11.1 Å². The zero-order valence-electron chi connectivity index (χ0n) is 5.52. The Hall–Kier alpha value is 0.280. The van der Waals surface area contributed by atoms with E-state index in [1.54, 1.807) is 0 Å². The van der Waals surface area contributed by atoms with Gasteiger partial charge in [-0.3, -0.25) is 0 Å². The maximum absolute atomic E-state index is 6.00. The molecule has 58 valence electrons. The van der Waals surface area contributed by atoms with Crippen LogP contribution in [0.5, 0.6) is 0 Å². The highest BCUT2D eigenvalue weighted by atomic mass is 79.9. The van der Waals surface area contributed by atoms with Crippen LogP contribution >= 0.6 is 39.1 Å². The summed E-state index contributed by atoms with van der Waals surface area (Å²) < 4.78 is -0.726. The Bertz CT molecular complexity index is 296. The summed E-state index contributed by atoms with van der Waals surface area (Å²) in [7, 11) is 0. The van der Waals surface area contributed by atoms with Crippen molar-refractivity contribution in [2.24, 2.45) is 0 Å². The lowest BCUT2D eigenvalue weighted by Gasteiger charge is -2.38. The molecule has 0 bridgehead atoms. The first-order chi connectivity index (χ1) is 5.14. The second kappa shape index (κ2) is 2.38. The van der Waals surface area contributed by atoms with E-state index in [-0.39, 0.29) is 4.83 Å². The van der Waals surface area contributed by atoms with Crippen molar-refractivity contribution in [2.45, 2.75) is 9.16 Å². The van der Waals surface area contributed by atoms with Crippen molar-refractivity contribution in [3.63, 3.8) is 0 Å². The van der Waals surface area contributed by atoms with Crippen LogP contribution in [0.15, 0.2) is 24.3 Å². The van der Waals surface area contributed by atoms with E-state index in [2.05, 4.69) is 15.9 Å². The van der Waals surface area contributed by atoms with Crippen molar-refractivity contribution < 1.29 is 0 Å². The number of hydrogen-bond donors (Lipinski definition) is 0. The molecule has 1 unspecified atom stereocenters. The minimum atomic E-state index is -0.726.